The van der Waals surface area contributed by atoms with Crippen molar-refractivity contribution in [2.24, 2.45) is 11.3 Å². The van der Waals surface area contributed by atoms with E-state index < -0.39 is 0 Å². The summed E-state index contributed by atoms with van der Waals surface area (Å²) >= 11 is 5.50. The average molecular weight is 372 g/mol. The van der Waals surface area contributed by atoms with E-state index in [2.05, 4.69) is 53.5 Å². The number of hydrogen-bond donors (Lipinski definition) is 1. The highest BCUT2D eigenvalue weighted by molar-refractivity contribution is 9.10. The van der Waals surface area contributed by atoms with E-state index in [1.165, 1.54) is 54.3 Å². The van der Waals surface area contributed by atoms with E-state index in [4.69, 9.17) is 0 Å². The molecule has 3 heteroatoms. The van der Waals surface area contributed by atoms with Gasteiger partial charge in [0.1, 0.15) is 0 Å². The Morgan fingerprint density at radius 2 is 2.05 bits per heavy atom. The molecule has 1 nitrogen and oxygen atoms in total. The van der Waals surface area contributed by atoms with Crippen molar-refractivity contribution in [3.63, 3.8) is 0 Å². The minimum atomic E-state index is 0.528. The SMILES string of the molecule is CCCNC(Cc1cc(Br)cs1)C1(CC(C)C)CCCC1. The summed E-state index contributed by atoms with van der Waals surface area (Å²) in [5, 5.41) is 6.12. The molecular formula is C18H30BrNS. The van der Waals surface area contributed by atoms with E-state index in [-0.39, 0.29) is 0 Å². The van der Waals surface area contributed by atoms with Gasteiger partial charge in [0.15, 0.2) is 0 Å². The van der Waals surface area contributed by atoms with Gasteiger partial charge in [-0.25, -0.2) is 0 Å². The smallest absolute Gasteiger partial charge is 0.0285 e. The number of hydrogen-bond acceptors (Lipinski definition) is 2. The van der Waals surface area contributed by atoms with E-state index in [9.17, 15) is 0 Å². The van der Waals surface area contributed by atoms with E-state index >= 15 is 0 Å². The van der Waals surface area contributed by atoms with Gasteiger partial charge in [-0.2, -0.15) is 0 Å². The Kier molecular flexibility index (Phi) is 6.77. The molecule has 1 fully saturated rings. The van der Waals surface area contributed by atoms with Crippen molar-refractivity contribution in [1.82, 2.24) is 5.32 Å². The van der Waals surface area contributed by atoms with Crippen molar-refractivity contribution in [2.75, 3.05) is 6.54 Å². The molecule has 120 valence electrons. The summed E-state index contributed by atoms with van der Waals surface area (Å²) in [6.45, 7) is 8.20. The zero-order chi connectivity index (χ0) is 15.3. The van der Waals surface area contributed by atoms with Crippen LogP contribution in [0.25, 0.3) is 0 Å². The third kappa shape index (κ3) is 4.80. The monoisotopic (exact) mass is 371 g/mol. The molecule has 1 aliphatic rings. The lowest BCUT2D eigenvalue weighted by atomic mass is 9.71. The summed E-state index contributed by atoms with van der Waals surface area (Å²) in [7, 11) is 0. The Morgan fingerprint density at radius 3 is 2.57 bits per heavy atom. The lowest BCUT2D eigenvalue weighted by Crippen LogP contribution is -2.46. The molecule has 1 saturated carbocycles. The first-order valence-electron chi connectivity index (χ1n) is 8.52. The molecule has 1 N–H and O–H groups in total. The molecule has 0 radical (unpaired) electrons. The highest BCUT2D eigenvalue weighted by atomic mass is 79.9. The van der Waals surface area contributed by atoms with Crippen LogP contribution in [-0.4, -0.2) is 12.6 Å². The van der Waals surface area contributed by atoms with Crippen LogP contribution in [0.1, 0.15) is 64.2 Å². The first-order valence-corrected chi connectivity index (χ1v) is 10.2. The normalized spacial score (nSPS) is 19.3. The van der Waals surface area contributed by atoms with Crippen molar-refractivity contribution in [3.8, 4) is 0 Å². The standard InChI is InChI=1S/C18H30BrNS/c1-4-9-20-17(11-16-10-15(19)13-21-16)18(12-14(2)3)7-5-6-8-18/h10,13-14,17,20H,4-9,11-12H2,1-3H3. The molecule has 1 atom stereocenters. The molecule has 0 bridgehead atoms. The van der Waals surface area contributed by atoms with Gasteiger partial charge in [-0.15, -0.1) is 11.3 Å². The Balaban J connectivity index is 2.15. The molecule has 1 aromatic heterocycles. The zero-order valence-electron chi connectivity index (χ0n) is 13.8. The zero-order valence-corrected chi connectivity index (χ0v) is 16.2. The summed E-state index contributed by atoms with van der Waals surface area (Å²) in [5.74, 6) is 0.795. The lowest BCUT2D eigenvalue weighted by molar-refractivity contribution is 0.154. The van der Waals surface area contributed by atoms with Crippen LogP contribution in [-0.2, 0) is 6.42 Å². The third-order valence-electron chi connectivity index (χ3n) is 4.82. The predicted molar refractivity (Wildman–Crippen MR) is 98.2 cm³/mol. The fourth-order valence-corrected chi connectivity index (χ4v) is 5.57. The minimum absolute atomic E-state index is 0.528. The van der Waals surface area contributed by atoms with Crippen LogP contribution in [0.2, 0.25) is 0 Å². The summed E-state index contributed by atoms with van der Waals surface area (Å²) < 4.78 is 1.24. The second kappa shape index (κ2) is 8.12. The molecule has 1 unspecified atom stereocenters. The Morgan fingerprint density at radius 1 is 1.33 bits per heavy atom. The van der Waals surface area contributed by atoms with Crippen LogP contribution < -0.4 is 5.32 Å². The van der Waals surface area contributed by atoms with Crippen LogP contribution in [0.15, 0.2) is 15.9 Å². The van der Waals surface area contributed by atoms with Crippen LogP contribution >= 0.6 is 27.3 Å². The van der Waals surface area contributed by atoms with Gasteiger partial charge in [0.2, 0.25) is 0 Å². The van der Waals surface area contributed by atoms with Gasteiger partial charge >= 0.3 is 0 Å². The molecule has 1 aromatic rings. The van der Waals surface area contributed by atoms with Gasteiger partial charge in [-0.1, -0.05) is 33.6 Å². The molecule has 2 rings (SSSR count). The second-order valence-electron chi connectivity index (χ2n) is 7.11. The fraction of sp³-hybridized carbons (Fsp3) is 0.778. The van der Waals surface area contributed by atoms with E-state index in [0.29, 0.717) is 11.5 Å². The maximum absolute atomic E-state index is 3.91. The molecule has 0 spiro atoms. The Hall–Kier alpha value is 0.140. The molecule has 1 heterocycles. The summed E-state index contributed by atoms with van der Waals surface area (Å²) in [4.78, 5) is 1.52. The maximum Gasteiger partial charge on any atom is 0.0285 e. The van der Waals surface area contributed by atoms with Crippen molar-refractivity contribution >= 4 is 27.3 Å². The molecule has 0 aliphatic heterocycles. The molecule has 1 aliphatic carbocycles. The van der Waals surface area contributed by atoms with Gasteiger partial charge in [-0.05, 0) is 72.0 Å². The predicted octanol–water partition coefficient (Wildman–Crippen LogP) is 6.03. The fourth-order valence-electron chi connectivity index (χ4n) is 4.07. The van der Waals surface area contributed by atoms with Crippen molar-refractivity contribution in [1.29, 1.82) is 0 Å². The number of nitrogens with one attached hydrogen (secondary N) is 1. The van der Waals surface area contributed by atoms with Crippen molar-refractivity contribution in [2.45, 2.75) is 71.8 Å². The molecule has 0 aromatic carbocycles. The van der Waals surface area contributed by atoms with Gasteiger partial charge in [0.25, 0.3) is 0 Å². The highest BCUT2D eigenvalue weighted by Crippen LogP contribution is 2.47. The summed E-state index contributed by atoms with van der Waals surface area (Å²) in [5.41, 5.74) is 0.528. The molecular weight excluding hydrogens is 342 g/mol. The summed E-state index contributed by atoms with van der Waals surface area (Å²) in [6, 6.07) is 2.96. The quantitative estimate of drug-likeness (QED) is 0.588. The second-order valence-corrected chi connectivity index (χ2v) is 9.02. The topological polar surface area (TPSA) is 12.0 Å². The third-order valence-corrected chi connectivity index (χ3v) is 6.54. The lowest BCUT2D eigenvalue weighted by Gasteiger charge is -2.40. The van der Waals surface area contributed by atoms with Crippen LogP contribution in [0.5, 0.6) is 0 Å². The Labute approximate surface area is 143 Å². The Bertz CT molecular complexity index is 421. The largest absolute Gasteiger partial charge is 0.313 e. The number of thiophene rings is 1. The van der Waals surface area contributed by atoms with Crippen molar-refractivity contribution in [3.05, 3.63) is 20.8 Å². The molecule has 21 heavy (non-hydrogen) atoms. The maximum atomic E-state index is 3.91. The van der Waals surface area contributed by atoms with E-state index in [1.807, 2.05) is 11.3 Å². The first-order chi connectivity index (χ1) is 10.1. The van der Waals surface area contributed by atoms with Gasteiger partial charge in [-0.3, -0.25) is 0 Å². The van der Waals surface area contributed by atoms with Gasteiger partial charge in [0.05, 0.1) is 0 Å². The van der Waals surface area contributed by atoms with Gasteiger partial charge < -0.3 is 5.32 Å². The van der Waals surface area contributed by atoms with E-state index in [0.717, 1.165) is 12.5 Å². The van der Waals surface area contributed by atoms with Crippen LogP contribution in [0.4, 0.5) is 0 Å². The average Bonchev–Trinajstić information content (AvgIpc) is 3.04. The van der Waals surface area contributed by atoms with Gasteiger partial charge in [0, 0.05) is 20.8 Å². The summed E-state index contributed by atoms with van der Waals surface area (Å²) in [6.07, 6.45) is 9.47. The van der Waals surface area contributed by atoms with Crippen LogP contribution in [0.3, 0.4) is 0 Å². The number of rotatable bonds is 8. The minimum Gasteiger partial charge on any atom is -0.313 e. The highest BCUT2D eigenvalue weighted by Gasteiger charge is 2.41. The van der Waals surface area contributed by atoms with Crippen molar-refractivity contribution < 1.29 is 0 Å². The van der Waals surface area contributed by atoms with Crippen LogP contribution in [0, 0.1) is 11.3 Å². The van der Waals surface area contributed by atoms with E-state index in [1.54, 1.807) is 0 Å². The molecule has 0 amide bonds. The molecule has 0 saturated heterocycles. The number of halogens is 1. The first kappa shape index (κ1) is 17.5.